The first-order chi connectivity index (χ1) is 16.5. The fraction of sp³-hybridized carbons (Fsp3) is 0.208. The van der Waals surface area contributed by atoms with E-state index in [2.05, 4.69) is 35.9 Å². The van der Waals surface area contributed by atoms with Crippen molar-refractivity contribution in [3.8, 4) is 11.3 Å². The number of carbonyl (C=O) groups excluding carboxylic acids is 1. The van der Waals surface area contributed by atoms with E-state index in [1.807, 2.05) is 18.2 Å². The Balaban J connectivity index is 1.37. The summed E-state index contributed by atoms with van der Waals surface area (Å²) in [6.45, 7) is 1.06. The molecule has 8 nitrogen and oxygen atoms in total. The zero-order valence-corrected chi connectivity index (χ0v) is 18.0. The molecule has 1 aliphatic rings. The second-order valence-electron chi connectivity index (χ2n) is 7.98. The van der Waals surface area contributed by atoms with Gasteiger partial charge in [-0.2, -0.15) is 0 Å². The first-order valence-electron chi connectivity index (χ1n) is 10.8. The highest BCUT2D eigenvalue weighted by Crippen LogP contribution is 2.24. The van der Waals surface area contributed by atoms with Crippen LogP contribution in [-0.4, -0.2) is 51.1 Å². The minimum absolute atomic E-state index is 0.125. The van der Waals surface area contributed by atoms with Crippen molar-refractivity contribution in [3.05, 3.63) is 72.4 Å². The Kier molecular flexibility index (Phi) is 6.05. The van der Waals surface area contributed by atoms with Crippen LogP contribution in [0.5, 0.6) is 0 Å². The van der Waals surface area contributed by atoms with Crippen LogP contribution in [0.4, 0.5) is 20.5 Å². The maximum absolute atomic E-state index is 14.2. The molecule has 3 N–H and O–H groups in total. The molecule has 0 spiro atoms. The number of hydrogen-bond acceptors (Lipinski definition) is 7. The lowest BCUT2D eigenvalue weighted by molar-refractivity contribution is 0.102. The Labute approximate surface area is 193 Å². The zero-order chi connectivity index (χ0) is 23.5. The molecule has 1 amide bonds. The number of aromatic nitrogens is 4. The topological polar surface area (TPSA) is 105 Å². The van der Waals surface area contributed by atoms with Crippen molar-refractivity contribution in [2.24, 2.45) is 0 Å². The number of carbonyl (C=O) groups is 1. The third-order valence-corrected chi connectivity index (χ3v) is 5.59. The molecule has 0 saturated carbocycles. The van der Waals surface area contributed by atoms with Crippen LogP contribution in [0.15, 0.2) is 61.1 Å². The van der Waals surface area contributed by atoms with E-state index in [-0.39, 0.29) is 12.0 Å². The predicted molar refractivity (Wildman–Crippen MR) is 125 cm³/mol. The highest BCUT2D eigenvalue weighted by Gasteiger charge is 2.24. The summed E-state index contributed by atoms with van der Waals surface area (Å²) in [6.07, 6.45) is 4.46. The summed E-state index contributed by atoms with van der Waals surface area (Å²) >= 11 is 0. The molecule has 2 atom stereocenters. The maximum atomic E-state index is 14.2. The summed E-state index contributed by atoms with van der Waals surface area (Å²) in [4.78, 5) is 29.9. The van der Waals surface area contributed by atoms with E-state index in [9.17, 15) is 13.6 Å². The van der Waals surface area contributed by atoms with Crippen LogP contribution in [0.1, 0.15) is 16.8 Å². The van der Waals surface area contributed by atoms with Crippen LogP contribution in [0.25, 0.3) is 22.2 Å². The first kappa shape index (κ1) is 21.8. The van der Waals surface area contributed by atoms with Crippen LogP contribution >= 0.6 is 0 Å². The van der Waals surface area contributed by atoms with Gasteiger partial charge in [0.15, 0.2) is 0 Å². The van der Waals surface area contributed by atoms with E-state index in [0.717, 1.165) is 17.5 Å². The first-order valence-corrected chi connectivity index (χ1v) is 10.8. The zero-order valence-electron chi connectivity index (χ0n) is 18.0. The highest BCUT2D eigenvalue weighted by atomic mass is 19.1. The Morgan fingerprint density at radius 3 is 2.74 bits per heavy atom. The van der Waals surface area contributed by atoms with Crippen molar-refractivity contribution in [3.63, 3.8) is 0 Å². The third kappa shape index (κ3) is 4.81. The molecular formula is C24H21F2N7O. The SMILES string of the molecule is O=C(Nc1ncc2ccc(-c3cncc(N[C@H]4CCNC[C@@H]4F)n3)cc2n1)c1ccc(F)cc1. The van der Waals surface area contributed by atoms with E-state index in [1.54, 1.807) is 18.6 Å². The molecule has 4 aromatic rings. The van der Waals surface area contributed by atoms with Crippen molar-refractivity contribution < 1.29 is 13.6 Å². The van der Waals surface area contributed by atoms with Gasteiger partial charge in [0, 0.05) is 29.3 Å². The second-order valence-corrected chi connectivity index (χ2v) is 7.98. The largest absolute Gasteiger partial charge is 0.363 e. The van der Waals surface area contributed by atoms with Crippen LogP contribution in [0.2, 0.25) is 0 Å². The molecule has 0 radical (unpaired) electrons. The molecule has 0 bridgehead atoms. The number of amides is 1. The molecule has 172 valence electrons. The molecule has 2 aromatic heterocycles. The Bertz CT molecular complexity index is 1330. The average molecular weight is 461 g/mol. The molecule has 5 rings (SSSR count). The van der Waals surface area contributed by atoms with Gasteiger partial charge in [-0.1, -0.05) is 12.1 Å². The number of nitrogens with one attached hydrogen (secondary N) is 3. The van der Waals surface area contributed by atoms with Crippen molar-refractivity contribution in [2.75, 3.05) is 23.7 Å². The molecular weight excluding hydrogens is 440 g/mol. The molecule has 2 aromatic carbocycles. The number of fused-ring (bicyclic) bond motifs is 1. The molecule has 0 aliphatic carbocycles. The normalized spacial score (nSPS) is 17.9. The summed E-state index contributed by atoms with van der Waals surface area (Å²) in [5.74, 6) is -0.236. The quantitative estimate of drug-likeness (QED) is 0.417. The molecule has 1 fully saturated rings. The van der Waals surface area contributed by atoms with Gasteiger partial charge in [-0.3, -0.25) is 15.1 Å². The maximum Gasteiger partial charge on any atom is 0.258 e. The number of hydrogen-bond donors (Lipinski definition) is 3. The highest BCUT2D eigenvalue weighted by molar-refractivity contribution is 6.03. The Morgan fingerprint density at radius 2 is 1.91 bits per heavy atom. The number of alkyl halides is 1. The fourth-order valence-corrected chi connectivity index (χ4v) is 3.77. The Hall–Kier alpha value is -4.05. The lowest BCUT2D eigenvalue weighted by atomic mass is 10.1. The molecule has 1 aliphatic heterocycles. The molecule has 3 heterocycles. The molecule has 10 heteroatoms. The van der Waals surface area contributed by atoms with Gasteiger partial charge in [0.05, 0.1) is 29.6 Å². The smallest absolute Gasteiger partial charge is 0.258 e. The molecule has 34 heavy (non-hydrogen) atoms. The van der Waals surface area contributed by atoms with Gasteiger partial charge in [-0.15, -0.1) is 0 Å². The van der Waals surface area contributed by atoms with Gasteiger partial charge in [-0.05, 0) is 43.3 Å². The van der Waals surface area contributed by atoms with E-state index in [0.29, 0.717) is 35.6 Å². The van der Waals surface area contributed by atoms with Crippen molar-refractivity contribution in [1.82, 2.24) is 25.3 Å². The van der Waals surface area contributed by atoms with Crippen LogP contribution in [0, 0.1) is 5.82 Å². The standard InChI is InChI=1S/C24H21F2N7O/c25-17-5-3-14(4-6-17)23(34)33-24-29-10-16-2-1-15(9-20(16)32-24)21-12-28-13-22(31-21)30-19-7-8-27-11-18(19)26/h1-6,9-10,12-13,18-19,27H,7-8,11H2,(H,30,31)(H,29,32,33,34)/t18-,19-/m0/s1. The second kappa shape index (κ2) is 9.44. The lowest BCUT2D eigenvalue weighted by Crippen LogP contribution is -2.45. The van der Waals surface area contributed by atoms with Gasteiger partial charge < -0.3 is 10.6 Å². The average Bonchev–Trinajstić information content (AvgIpc) is 2.85. The van der Waals surface area contributed by atoms with E-state index < -0.39 is 17.9 Å². The van der Waals surface area contributed by atoms with Gasteiger partial charge in [0.2, 0.25) is 5.95 Å². The number of piperidine rings is 1. The summed E-state index contributed by atoms with van der Waals surface area (Å²) in [5, 5.41) is 9.57. The van der Waals surface area contributed by atoms with Crippen molar-refractivity contribution >= 4 is 28.6 Å². The van der Waals surface area contributed by atoms with Crippen LogP contribution in [-0.2, 0) is 0 Å². The van der Waals surface area contributed by atoms with E-state index in [1.165, 1.54) is 24.3 Å². The summed E-state index contributed by atoms with van der Waals surface area (Å²) in [7, 11) is 0. The van der Waals surface area contributed by atoms with Gasteiger partial charge in [0.25, 0.3) is 5.91 Å². The van der Waals surface area contributed by atoms with Crippen molar-refractivity contribution in [1.29, 1.82) is 0 Å². The predicted octanol–water partition coefficient (Wildman–Crippen LogP) is 3.59. The van der Waals surface area contributed by atoms with E-state index >= 15 is 0 Å². The summed E-state index contributed by atoms with van der Waals surface area (Å²) in [6, 6.07) is 10.4. The van der Waals surface area contributed by atoms with Crippen LogP contribution in [0.3, 0.4) is 0 Å². The van der Waals surface area contributed by atoms with Gasteiger partial charge >= 0.3 is 0 Å². The fourth-order valence-electron chi connectivity index (χ4n) is 3.77. The number of nitrogens with zero attached hydrogens (tertiary/aromatic N) is 4. The van der Waals surface area contributed by atoms with Crippen LogP contribution < -0.4 is 16.0 Å². The summed E-state index contributed by atoms with van der Waals surface area (Å²) in [5.41, 5.74) is 2.26. The summed E-state index contributed by atoms with van der Waals surface area (Å²) < 4.78 is 27.3. The molecule has 0 unspecified atom stereocenters. The number of benzene rings is 2. The number of rotatable bonds is 5. The number of anilines is 2. The Morgan fingerprint density at radius 1 is 1.06 bits per heavy atom. The van der Waals surface area contributed by atoms with E-state index in [4.69, 9.17) is 0 Å². The van der Waals surface area contributed by atoms with Gasteiger partial charge in [0.1, 0.15) is 17.8 Å². The minimum Gasteiger partial charge on any atom is -0.363 e. The molecule has 1 saturated heterocycles. The minimum atomic E-state index is -1.000. The monoisotopic (exact) mass is 461 g/mol. The number of halogens is 2. The third-order valence-electron chi connectivity index (χ3n) is 5.59. The lowest BCUT2D eigenvalue weighted by Gasteiger charge is -2.27. The van der Waals surface area contributed by atoms with Crippen molar-refractivity contribution in [2.45, 2.75) is 18.6 Å². The van der Waals surface area contributed by atoms with Gasteiger partial charge in [-0.25, -0.2) is 23.7 Å².